The third-order valence-corrected chi connectivity index (χ3v) is 7.34. The Morgan fingerprint density at radius 2 is 1.79 bits per heavy atom. The highest BCUT2D eigenvalue weighted by Gasteiger charge is 2.30. The summed E-state index contributed by atoms with van der Waals surface area (Å²) in [6.45, 7) is 2.43. The molecule has 1 aliphatic heterocycles. The van der Waals surface area contributed by atoms with Gasteiger partial charge in [0.2, 0.25) is 27.6 Å². The van der Waals surface area contributed by atoms with Crippen molar-refractivity contribution < 1.29 is 22.5 Å². The van der Waals surface area contributed by atoms with Gasteiger partial charge in [-0.3, -0.25) is 14.6 Å². The Kier molecular flexibility index (Phi) is 6.61. The summed E-state index contributed by atoms with van der Waals surface area (Å²) in [5.74, 6) is 0.553. The second-order valence-electron chi connectivity index (χ2n) is 7.62. The van der Waals surface area contributed by atoms with Gasteiger partial charge in [0.25, 0.3) is 0 Å². The van der Waals surface area contributed by atoms with E-state index in [0.29, 0.717) is 36.8 Å². The molecule has 0 atom stereocenters. The topological polar surface area (TPSA) is 127 Å². The molecule has 1 fully saturated rings. The highest BCUT2D eigenvalue weighted by atomic mass is 32.2. The molecule has 11 heteroatoms. The van der Waals surface area contributed by atoms with Crippen molar-refractivity contribution in [3.05, 3.63) is 60.2 Å². The lowest BCUT2D eigenvalue weighted by atomic mass is 10.2. The molecule has 0 radical (unpaired) electrons. The van der Waals surface area contributed by atoms with E-state index in [1.54, 1.807) is 23.4 Å². The summed E-state index contributed by atoms with van der Waals surface area (Å²) >= 11 is 0. The van der Waals surface area contributed by atoms with Gasteiger partial charge in [-0.1, -0.05) is 17.3 Å². The summed E-state index contributed by atoms with van der Waals surface area (Å²) < 4.78 is 32.3. The Morgan fingerprint density at radius 1 is 1.06 bits per heavy atom. The zero-order valence-corrected chi connectivity index (χ0v) is 18.9. The Labute approximate surface area is 191 Å². The largest absolute Gasteiger partial charge is 0.340 e. The first-order valence-corrected chi connectivity index (χ1v) is 11.9. The predicted molar refractivity (Wildman–Crippen MR) is 118 cm³/mol. The Bertz CT molecular complexity index is 1230. The molecule has 3 heterocycles. The number of carbonyl (C=O) groups excluding carboxylic acids is 2. The Morgan fingerprint density at radius 3 is 2.42 bits per heavy atom. The third kappa shape index (κ3) is 5.15. The van der Waals surface area contributed by atoms with Crippen molar-refractivity contribution in [2.45, 2.75) is 24.7 Å². The molecule has 0 spiro atoms. The molecular weight excluding hydrogens is 446 g/mol. The summed E-state index contributed by atoms with van der Waals surface area (Å²) in [5, 5.41) is 3.91. The molecule has 10 nitrogen and oxygen atoms in total. The number of sulfonamides is 1. The first-order chi connectivity index (χ1) is 15.8. The van der Waals surface area contributed by atoms with Gasteiger partial charge in [-0.2, -0.15) is 9.29 Å². The number of benzene rings is 1. The summed E-state index contributed by atoms with van der Waals surface area (Å²) in [6, 6.07) is 9.48. The molecule has 0 N–H and O–H groups in total. The maximum absolute atomic E-state index is 12.9. The molecule has 1 amide bonds. The van der Waals surface area contributed by atoms with Crippen molar-refractivity contribution in [2.24, 2.45) is 0 Å². The lowest BCUT2D eigenvalue weighted by Crippen LogP contribution is -2.50. The fourth-order valence-electron chi connectivity index (χ4n) is 3.53. The average Bonchev–Trinajstić information content (AvgIpc) is 3.32. The van der Waals surface area contributed by atoms with Gasteiger partial charge in [-0.05, 0) is 31.2 Å². The quantitative estimate of drug-likeness (QED) is 0.480. The second-order valence-corrected chi connectivity index (χ2v) is 9.56. The molecule has 0 bridgehead atoms. The van der Waals surface area contributed by atoms with Crippen LogP contribution < -0.4 is 0 Å². The number of ketones is 1. The van der Waals surface area contributed by atoms with Crippen LogP contribution >= 0.6 is 0 Å². The van der Waals surface area contributed by atoms with E-state index in [2.05, 4.69) is 15.1 Å². The van der Waals surface area contributed by atoms with Crippen LogP contribution in [0.25, 0.3) is 11.4 Å². The van der Waals surface area contributed by atoms with Crippen molar-refractivity contribution in [3.63, 3.8) is 0 Å². The molecular formula is C22H23N5O5S. The molecule has 1 aromatic carbocycles. The van der Waals surface area contributed by atoms with Crippen molar-refractivity contribution in [3.8, 4) is 11.4 Å². The molecule has 172 valence electrons. The van der Waals surface area contributed by atoms with Crippen molar-refractivity contribution >= 4 is 21.7 Å². The highest BCUT2D eigenvalue weighted by molar-refractivity contribution is 7.89. The Hall–Kier alpha value is -3.44. The summed E-state index contributed by atoms with van der Waals surface area (Å²) in [4.78, 5) is 34.1. The minimum absolute atomic E-state index is 0.0982. The molecule has 0 aliphatic carbocycles. The lowest BCUT2D eigenvalue weighted by Gasteiger charge is -2.34. The molecule has 1 saturated heterocycles. The van der Waals surface area contributed by atoms with Gasteiger partial charge < -0.3 is 9.42 Å². The van der Waals surface area contributed by atoms with E-state index in [1.165, 1.54) is 35.5 Å². The van der Waals surface area contributed by atoms with Crippen LogP contribution in [0.15, 0.2) is 58.2 Å². The van der Waals surface area contributed by atoms with Gasteiger partial charge in [-0.15, -0.1) is 0 Å². The molecule has 0 saturated carbocycles. The van der Waals surface area contributed by atoms with Gasteiger partial charge in [-0.25, -0.2) is 8.42 Å². The number of nitrogens with zero attached hydrogens (tertiary/aromatic N) is 5. The monoisotopic (exact) mass is 469 g/mol. The number of Topliss-reactive ketones (excluding diaryl/α,β-unsaturated/α-hetero) is 1. The first kappa shape index (κ1) is 22.7. The number of rotatable bonds is 7. The van der Waals surface area contributed by atoms with Gasteiger partial charge >= 0.3 is 0 Å². The number of pyridine rings is 1. The van der Waals surface area contributed by atoms with E-state index in [1.807, 2.05) is 6.07 Å². The fourth-order valence-corrected chi connectivity index (χ4v) is 4.95. The maximum atomic E-state index is 12.9. The maximum Gasteiger partial charge on any atom is 0.243 e. The van der Waals surface area contributed by atoms with E-state index in [-0.39, 0.29) is 36.1 Å². The highest BCUT2D eigenvalue weighted by Crippen LogP contribution is 2.19. The summed E-state index contributed by atoms with van der Waals surface area (Å²) in [6.07, 6.45) is 3.77. The van der Waals surface area contributed by atoms with Crippen LogP contribution in [-0.2, 0) is 21.2 Å². The number of aromatic nitrogens is 3. The number of aryl methyl sites for hydroxylation is 1. The fraction of sp³-hybridized carbons (Fsp3) is 0.318. The van der Waals surface area contributed by atoms with Crippen LogP contribution in [0.3, 0.4) is 0 Å². The smallest absolute Gasteiger partial charge is 0.243 e. The number of amides is 1. The minimum Gasteiger partial charge on any atom is -0.340 e. The van der Waals surface area contributed by atoms with Crippen molar-refractivity contribution in [1.82, 2.24) is 24.3 Å². The number of carbonyl (C=O) groups is 2. The lowest BCUT2D eigenvalue weighted by molar-refractivity contribution is -0.132. The second kappa shape index (κ2) is 9.59. The normalized spacial score (nSPS) is 14.9. The first-order valence-electron chi connectivity index (χ1n) is 10.5. The van der Waals surface area contributed by atoms with Crippen LogP contribution in [0.2, 0.25) is 0 Å². The Balaban J connectivity index is 1.30. The molecule has 2 aromatic heterocycles. The van der Waals surface area contributed by atoms with Crippen LogP contribution in [0.1, 0.15) is 29.6 Å². The standard InChI is InChI=1S/C22H23N5O5S/c1-16(28)17-4-6-19(7-5-17)33(30,31)27-13-11-26(12-14-27)21(29)9-8-20-24-22(25-32-20)18-3-2-10-23-15-18/h2-7,10,15H,8-9,11-14H2,1H3. The zero-order chi connectivity index (χ0) is 23.4. The number of hydrogen-bond donors (Lipinski definition) is 0. The van der Waals surface area contributed by atoms with E-state index < -0.39 is 10.0 Å². The van der Waals surface area contributed by atoms with Crippen LogP contribution in [-0.4, -0.2) is 70.6 Å². The van der Waals surface area contributed by atoms with Gasteiger partial charge in [0.15, 0.2) is 5.78 Å². The molecule has 4 rings (SSSR count). The van der Waals surface area contributed by atoms with Crippen LogP contribution in [0.4, 0.5) is 0 Å². The predicted octanol–water partition coefficient (Wildman–Crippen LogP) is 1.80. The molecule has 3 aromatic rings. The van der Waals surface area contributed by atoms with Crippen LogP contribution in [0, 0.1) is 0 Å². The summed E-state index contributed by atoms with van der Waals surface area (Å²) in [5.41, 5.74) is 1.19. The van der Waals surface area contributed by atoms with E-state index in [4.69, 9.17) is 4.52 Å². The SMILES string of the molecule is CC(=O)c1ccc(S(=O)(=O)N2CCN(C(=O)CCc3nc(-c4cccnc4)no3)CC2)cc1. The van der Waals surface area contributed by atoms with E-state index in [9.17, 15) is 18.0 Å². The minimum atomic E-state index is -3.69. The average molecular weight is 470 g/mol. The molecule has 1 aliphatic rings. The molecule has 33 heavy (non-hydrogen) atoms. The third-order valence-electron chi connectivity index (χ3n) is 5.43. The number of hydrogen-bond acceptors (Lipinski definition) is 8. The number of piperazine rings is 1. The van der Waals surface area contributed by atoms with Gasteiger partial charge in [0.1, 0.15) is 0 Å². The van der Waals surface area contributed by atoms with Crippen molar-refractivity contribution in [2.75, 3.05) is 26.2 Å². The van der Waals surface area contributed by atoms with E-state index >= 15 is 0 Å². The zero-order valence-electron chi connectivity index (χ0n) is 18.0. The van der Waals surface area contributed by atoms with Crippen LogP contribution in [0.5, 0.6) is 0 Å². The van der Waals surface area contributed by atoms with Gasteiger partial charge in [0, 0.05) is 62.5 Å². The van der Waals surface area contributed by atoms with Gasteiger partial charge in [0.05, 0.1) is 4.90 Å². The summed E-state index contributed by atoms with van der Waals surface area (Å²) in [7, 11) is -3.69. The van der Waals surface area contributed by atoms with Crippen molar-refractivity contribution in [1.29, 1.82) is 0 Å². The molecule has 0 unspecified atom stereocenters. The van der Waals surface area contributed by atoms with E-state index in [0.717, 1.165) is 5.56 Å².